The molecule has 154 valence electrons. The highest BCUT2D eigenvalue weighted by molar-refractivity contribution is 7.94. The Labute approximate surface area is 185 Å². The molecule has 0 fully saturated rings. The first-order valence-corrected chi connectivity index (χ1v) is 12.0. The van der Waals surface area contributed by atoms with Crippen LogP contribution in [0.1, 0.15) is 10.4 Å². The molecule has 2 aromatic heterocycles. The van der Waals surface area contributed by atoms with E-state index in [1.54, 1.807) is 30.3 Å². The van der Waals surface area contributed by atoms with E-state index in [9.17, 15) is 13.2 Å². The summed E-state index contributed by atoms with van der Waals surface area (Å²) in [6, 6.07) is 14.9. The van der Waals surface area contributed by atoms with E-state index in [1.165, 1.54) is 36.6 Å². The molecule has 7 nitrogen and oxygen atoms in total. The molecule has 2 N–H and O–H groups in total. The average Bonchev–Trinajstić information content (AvgIpc) is 3.34. The molecule has 2 heterocycles. The summed E-state index contributed by atoms with van der Waals surface area (Å²) in [5.74, 6) is 0.0926. The number of ether oxygens (including phenoxy) is 1. The number of nitrogens with zero attached hydrogens (tertiary/aromatic N) is 1. The molecule has 0 radical (unpaired) electrons. The lowest BCUT2D eigenvalue weighted by atomic mass is 10.2. The van der Waals surface area contributed by atoms with Gasteiger partial charge in [0, 0.05) is 11.6 Å². The van der Waals surface area contributed by atoms with E-state index < -0.39 is 10.0 Å². The fourth-order valence-corrected chi connectivity index (χ4v) is 6.11. The lowest BCUT2D eigenvalue weighted by molar-refractivity contribution is 0.102. The molecule has 0 unspecified atom stereocenters. The predicted octanol–water partition coefficient (Wildman–Crippen LogP) is 5.07. The number of sulfonamides is 1. The molecule has 0 saturated heterocycles. The largest absolute Gasteiger partial charge is 0.494 e. The molecule has 0 aliphatic carbocycles. The van der Waals surface area contributed by atoms with Gasteiger partial charge in [-0.05, 0) is 30.3 Å². The van der Waals surface area contributed by atoms with Gasteiger partial charge in [0.05, 0.1) is 21.8 Å². The number of nitrogens with one attached hydrogen (secondary N) is 2. The normalized spacial score (nSPS) is 11.4. The molecule has 0 spiro atoms. The van der Waals surface area contributed by atoms with E-state index in [4.69, 9.17) is 16.3 Å². The van der Waals surface area contributed by atoms with Crippen LogP contribution >= 0.6 is 34.3 Å². The summed E-state index contributed by atoms with van der Waals surface area (Å²) in [5, 5.41) is 3.13. The van der Waals surface area contributed by atoms with E-state index in [2.05, 4.69) is 15.0 Å². The molecule has 0 bridgehead atoms. The number of rotatable bonds is 6. The summed E-state index contributed by atoms with van der Waals surface area (Å²) in [7, 11) is -2.33. The highest BCUT2D eigenvalue weighted by Crippen LogP contribution is 2.36. The number of carbonyl (C=O) groups excluding carboxylic acids is 1. The maximum Gasteiger partial charge on any atom is 0.271 e. The lowest BCUT2D eigenvalue weighted by Crippen LogP contribution is -2.11. The molecule has 11 heteroatoms. The van der Waals surface area contributed by atoms with Crippen molar-refractivity contribution in [2.75, 3.05) is 17.1 Å². The molecule has 2 aromatic carbocycles. The fourth-order valence-electron chi connectivity index (χ4n) is 2.67. The van der Waals surface area contributed by atoms with Crippen LogP contribution in [0.4, 0.5) is 10.8 Å². The van der Waals surface area contributed by atoms with Crippen molar-refractivity contribution in [3.8, 4) is 5.75 Å². The van der Waals surface area contributed by atoms with Crippen LogP contribution in [-0.2, 0) is 10.0 Å². The summed E-state index contributed by atoms with van der Waals surface area (Å²) in [5.41, 5.74) is 1.34. The van der Waals surface area contributed by atoms with Gasteiger partial charge in [0.2, 0.25) is 0 Å². The number of hydrogen-bond acceptors (Lipinski definition) is 7. The van der Waals surface area contributed by atoms with E-state index in [-0.39, 0.29) is 10.1 Å². The zero-order valence-electron chi connectivity index (χ0n) is 15.4. The molecule has 0 aliphatic heterocycles. The fraction of sp³-hybridized carbons (Fsp3) is 0.0526. The van der Waals surface area contributed by atoms with Crippen molar-refractivity contribution in [3.05, 3.63) is 64.5 Å². The predicted molar refractivity (Wildman–Crippen MR) is 121 cm³/mol. The number of amides is 1. The van der Waals surface area contributed by atoms with Gasteiger partial charge in [-0.25, -0.2) is 13.4 Å². The van der Waals surface area contributed by atoms with Gasteiger partial charge in [-0.3, -0.25) is 14.8 Å². The smallest absolute Gasteiger partial charge is 0.271 e. The van der Waals surface area contributed by atoms with E-state index in [0.29, 0.717) is 36.7 Å². The zero-order chi connectivity index (χ0) is 21.3. The Bertz CT molecular complexity index is 1330. The molecule has 0 saturated carbocycles. The molecule has 1 amide bonds. The Morgan fingerprint density at radius 2 is 1.87 bits per heavy atom. The van der Waals surface area contributed by atoms with Gasteiger partial charge in [-0.2, -0.15) is 0 Å². The van der Waals surface area contributed by atoms with Crippen LogP contribution in [0.25, 0.3) is 10.2 Å². The van der Waals surface area contributed by atoms with Crippen LogP contribution in [0.15, 0.2) is 58.8 Å². The number of fused-ring (bicyclic) bond motifs is 1. The minimum atomic E-state index is -3.79. The Kier molecular flexibility index (Phi) is 5.65. The van der Waals surface area contributed by atoms with Gasteiger partial charge in [0.25, 0.3) is 15.9 Å². The second kappa shape index (κ2) is 8.23. The first-order valence-electron chi connectivity index (χ1n) is 8.49. The third-order valence-electron chi connectivity index (χ3n) is 4.00. The Morgan fingerprint density at radius 3 is 2.53 bits per heavy atom. The topological polar surface area (TPSA) is 97.4 Å². The molecular formula is C19H14ClN3O4S3. The summed E-state index contributed by atoms with van der Waals surface area (Å²) in [4.78, 5) is 16.8. The summed E-state index contributed by atoms with van der Waals surface area (Å²) in [6.07, 6.45) is 0. The first-order chi connectivity index (χ1) is 14.4. The van der Waals surface area contributed by atoms with Crippen LogP contribution in [0, 0.1) is 0 Å². The third kappa shape index (κ3) is 4.26. The van der Waals surface area contributed by atoms with Gasteiger partial charge in [0.1, 0.15) is 15.5 Å². The van der Waals surface area contributed by atoms with Crippen molar-refractivity contribution < 1.29 is 17.9 Å². The van der Waals surface area contributed by atoms with Gasteiger partial charge >= 0.3 is 0 Å². The van der Waals surface area contributed by atoms with Gasteiger partial charge in [-0.15, -0.1) is 11.3 Å². The van der Waals surface area contributed by atoms with Crippen molar-refractivity contribution in [1.82, 2.24) is 4.98 Å². The van der Waals surface area contributed by atoms with Crippen molar-refractivity contribution >= 4 is 71.2 Å². The average molecular weight is 480 g/mol. The Morgan fingerprint density at radius 1 is 1.10 bits per heavy atom. The molecule has 0 atom stereocenters. The van der Waals surface area contributed by atoms with Crippen LogP contribution in [0.2, 0.25) is 4.34 Å². The molecule has 4 rings (SSSR count). The van der Waals surface area contributed by atoms with Crippen molar-refractivity contribution in [1.29, 1.82) is 0 Å². The number of hydrogen-bond donors (Lipinski definition) is 2. The monoisotopic (exact) mass is 479 g/mol. The number of thiophene rings is 1. The quantitative estimate of drug-likeness (QED) is 0.402. The maximum absolute atomic E-state index is 12.6. The molecule has 4 aromatic rings. The first kappa shape index (κ1) is 20.6. The Hall–Kier alpha value is -2.66. The number of methoxy groups -OCH3 is 1. The highest BCUT2D eigenvalue weighted by Gasteiger charge is 2.19. The van der Waals surface area contributed by atoms with E-state index in [0.717, 1.165) is 11.3 Å². The van der Waals surface area contributed by atoms with Gasteiger partial charge in [-0.1, -0.05) is 41.1 Å². The lowest BCUT2D eigenvalue weighted by Gasteiger charge is -2.08. The number of carbonyl (C=O) groups is 1. The van der Waals surface area contributed by atoms with Crippen molar-refractivity contribution in [3.63, 3.8) is 0 Å². The molecule has 30 heavy (non-hydrogen) atoms. The second-order valence-corrected chi connectivity index (χ2v) is 10.7. The number of aromatic nitrogens is 1. The number of benzene rings is 2. The second-order valence-electron chi connectivity index (χ2n) is 6.03. The minimum absolute atomic E-state index is 0.103. The number of anilines is 2. The van der Waals surface area contributed by atoms with Gasteiger partial charge < -0.3 is 4.74 Å². The van der Waals surface area contributed by atoms with Crippen LogP contribution in [0.5, 0.6) is 5.75 Å². The van der Waals surface area contributed by atoms with Crippen LogP contribution in [-0.4, -0.2) is 26.4 Å². The molecular weight excluding hydrogens is 466 g/mol. The van der Waals surface area contributed by atoms with Crippen molar-refractivity contribution in [2.24, 2.45) is 0 Å². The standard InChI is InChI=1S/C19H14ClN3O4S3/c1-27-13-9-12(23-30(25,26)16-8-7-15(20)29-16)10-14-17(13)21-19(28-14)22-18(24)11-5-3-2-4-6-11/h2-10,23H,1H3,(H,21,22,24). The maximum atomic E-state index is 12.6. The number of halogens is 1. The summed E-state index contributed by atoms with van der Waals surface area (Å²) >= 11 is 8.03. The van der Waals surface area contributed by atoms with Crippen LogP contribution < -0.4 is 14.8 Å². The van der Waals surface area contributed by atoms with Gasteiger partial charge in [0.15, 0.2) is 5.13 Å². The van der Waals surface area contributed by atoms with E-state index in [1.807, 2.05) is 6.07 Å². The van der Waals surface area contributed by atoms with E-state index >= 15 is 0 Å². The number of thiazole rings is 1. The highest BCUT2D eigenvalue weighted by atomic mass is 35.5. The SMILES string of the molecule is COc1cc(NS(=O)(=O)c2ccc(Cl)s2)cc2sc(NC(=O)c3ccccc3)nc12. The molecule has 0 aliphatic rings. The van der Waals surface area contributed by atoms with Crippen LogP contribution in [0.3, 0.4) is 0 Å². The summed E-state index contributed by atoms with van der Waals surface area (Å²) in [6.45, 7) is 0. The summed E-state index contributed by atoms with van der Waals surface area (Å²) < 4.78 is 34.2. The third-order valence-corrected chi connectivity index (χ3v) is 8.02. The minimum Gasteiger partial charge on any atom is -0.494 e. The Balaban J connectivity index is 1.64. The van der Waals surface area contributed by atoms with Crippen molar-refractivity contribution in [2.45, 2.75) is 4.21 Å². The zero-order valence-corrected chi connectivity index (χ0v) is 18.6.